The molecule has 2 N–H and O–H groups in total. The summed E-state index contributed by atoms with van der Waals surface area (Å²) in [4.78, 5) is 5.60. The average Bonchev–Trinajstić information content (AvgIpc) is 2.94. The molecule has 3 aromatic heterocycles. The van der Waals surface area contributed by atoms with Crippen molar-refractivity contribution >= 4 is 28.1 Å². The van der Waals surface area contributed by atoms with Crippen molar-refractivity contribution in [3.63, 3.8) is 0 Å². The lowest BCUT2D eigenvalue weighted by Gasteiger charge is -2.01. The number of thiazole rings is 1. The highest BCUT2D eigenvalue weighted by Crippen LogP contribution is 2.31. The molecule has 0 saturated heterocycles. The molecule has 0 bridgehead atoms. The SMILES string of the molecule is Cc1cc(Sc2nc3sccn3c2CN)n(C)n1. The normalized spacial score (nSPS) is 11.5. The summed E-state index contributed by atoms with van der Waals surface area (Å²) in [5.74, 6) is 0. The minimum atomic E-state index is 0.483. The number of nitrogens with zero attached hydrogens (tertiary/aromatic N) is 4. The molecule has 3 aromatic rings. The van der Waals surface area contributed by atoms with Gasteiger partial charge in [-0.1, -0.05) is 0 Å². The second kappa shape index (κ2) is 4.42. The molecule has 5 nitrogen and oxygen atoms in total. The van der Waals surface area contributed by atoms with E-state index in [9.17, 15) is 0 Å². The molecule has 18 heavy (non-hydrogen) atoms. The van der Waals surface area contributed by atoms with Crippen LogP contribution in [0.2, 0.25) is 0 Å². The van der Waals surface area contributed by atoms with E-state index < -0.39 is 0 Å². The fourth-order valence-corrected chi connectivity index (χ4v) is 3.68. The van der Waals surface area contributed by atoms with Gasteiger partial charge in [0, 0.05) is 25.2 Å². The van der Waals surface area contributed by atoms with Crippen LogP contribution < -0.4 is 5.73 Å². The number of rotatable bonds is 3. The molecule has 0 aliphatic carbocycles. The van der Waals surface area contributed by atoms with Gasteiger partial charge in [-0.15, -0.1) is 11.3 Å². The molecule has 0 fully saturated rings. The second-order valence-electron chi connectivity index (χ2n) is 3.97. The van der Waals surface area contributed by atoms with Gasteiger partial charge >= 0.3 is 0 Å². The third-order valence-corrected chi connectivity index (χ3v) is 4.55. The van der Waals surface area contributed by atoms with Crippen LogP contribution in [-0.2, 0) is 13.6 Å². The summed E-state index contributed by atoms with van der Waals surface area (Å²) in [6.07, 6.45) is 2.01. The molecule has 0 amide bonds. The van der Waals surface area contributed by atoms with E-state index in [4.69, 9.17) is 5.73 Å². The number of hydrogen-bond donors (Lipinski definition) is 1. The third-order valence-electron chi connectivity index (χ3n) is 2.68. The number of aryl methyl sites for hydroxylation is 2. The summed E-state index contributed by atoms with van der Waals surface area (Å²) < 4.78 is 3.92. The Morgan fingerprint density at radius 3 is 3.00 bits per heavy atom. The monoisotopic (exact) mass is 279 g/mol. The van der Waals surface area contributed by atoms with E-state index in [1.807, 2.05) is 30.2 Å². The minimum absolute atomic E-state index is 0.483. The molecule has 94 valence electrons. The second-order valence-corrected chi connectivity index (χ2v) is 5.86. The van der Waals surface area contributed by atoms with Crippen LogP contribution in [-0.4, -0.2) is 19.2 Å². The van der Waals surface area contributed by atoms with Gasteiger partial charge < -0.3 is 5.73 Å². The molecule has 0 atom stereocenters. The standard InChI is InChI=1S/C11H13N5S2/c1-7-5-9(15(2)14-7)18-10-8(6-12)16-3-4-17-11(16)13-10/h3-5H,6,12H2,1-2H3. The maximum atomic E-state index is 5.83. The largest absolute Gasteiger partial charge is 0.325 e. The van der Waals surface area contributed by atoms with E-state index in [0.29, 0.717) is 6.54 Å². The molecule has 3 heterocycles. The minimum Gasteiger partial charge on any atom is -0.325 e. The van der Waals surface area contributed by atoms with Crippen LogP contribution in [0.4, 0.5) is 0 Å². The van der Waals surface area contributed by atoms with E-state index in [1.54, 1.807) is 23.1 Å². The third kappa shape index (κ3) is 1.84. The van der Waals surface area contributed by atoms with Crippen LogP contribution in [0, 0.1) is 6.92 Å². The van der Waals surface area contributed by atoms with Crippen LogP contribution in [0.25, 0.3) is 4.96 Å². The first kappa shape index (κ1) is 11.8. The van der Waals surface area contributed by atoms with Gasteiger partial charge in [-0.25, -0.2) is 4.98 Å². The Hall–Kier alpha value is -1.31. The first-order chi connectivity index (χ1) is 8.69. The molecule has 3 rings (SSSR count). The molecule has 0 aromatic carbocycles. The van der Waals surface area contributed by atoms with Crippen LogP contribution in [0.1, 0.15) is 11.4 Å². The Kier molecular flexibility index (Phi) is 2.89. The van der Waals surface area contributed by atoms with Gasteiger partial charge in [-0.05, 0) is 24.8 Å². The van der Waals surface area contributed by atoms with Crippen molar-refractivity contribution in [2.24, 2.45) is 12.8 Å². The zero-order valence-electron chi connectivity index (χ0n) is 10.1. The van der Waals surface area contributed by atoms with Gasteiger partial charge in [-0.3, -0.25) is 9.08 Å². The van der Waals surface area contributed by atoms with Crippen LogP contribution in [0.5, 0.6) is 0 Å². The van der Waals surface area contributed by atoms with Gasteiger partial charge in [-0.2, -0.15) is 5.10 Å². The molecular formula is C11H13N5S2. The highest BCUT2D eigenvalue weighted by Gasteiger charge is 2.14. The van der Waals surface area contributed by atoms with Gasteiger partial charge in [0.1, 0.15) is 10.1 Å². The fourth-order valence-electron chi connectivity index (χ4n) is 1.86. The number of imidazole rings is 1. The molecule has 0 aliphatic heterocycles. The number of aromatic nitrogens is 4. The van der Waals surface area contributed by atoms with Crippen molar-refractivity contribution in [3.05, 3.63) is 29.0 Å². The predicted octanol–water partition coefficient (Wildman–Crippen LogP) is 2.05. The molecular weight excluding hydrogens is 266 g/mol. The molecule has 0 saturated carbocycles. The van der Waals surface area contributed by atoms with Crippen molar-refractivity contribution in [1.82, 2.24) is 19.2 Å². The van der Waals surface area contributed by atoms with Crippen molar-refractivity contribution in [2.75, 3.05) is 0 Å². The van der Waals surface area contributed by atoms with E-state index in [2.05, 4.69) is 20.5 Å². The first-order valence-electron chi connectivity index (χ1n) is 5.52. The summed E-state index contributed by atoms with van der Waals surface area (Å²) in [5, 5.41) is 8.40. The Morgan fingerprint density at radius 1 is 1.50 bits per heavy atom. The van der Waals surface area contributed by atoms with Crippen LogP contribution in [0.15, 0.2) is 27.7 Å². The molecule has 0 radical (unpaired) electrons. The lowest BCUT2D eigenvalue weighted by atomic mass is 10.5. The van der Waals surface area contributed by atoms with Crippen LogP contribution in [0.3, 0.4) is 0 Å². The Balaban J connectivity index is 2.04. The predicted molar refractivity (Wildman–Crippen MR) is 73.0 cm³/mol. The fraction of sp³-hybridized carbons (Fsp3) is 0.273. The lowest BCUT2D eigenvalue weighted by Crippen LogP contribution is -2.01. The van der Waals surface area contributed by atoms with Gasteiger partial charge in [0.25, 0.3) is 0 Å². The van der Waals surface area contributed by atoms with E-state index in [-0.39, 0.29) is 0 Å². The topological polar surface area (TPSA) is 61.1 Å². The molecule has 0 spiro atoms. The Bertz CT molecular complexity index is 693. The highest BCUT2D eigenvalue weighted by molar-refractivity contribution is 7.99. The zero-order chi connectivity index (χ0) is 12.7. The summed E-state index contributed by atoms with van der Waals surface area (Å²) in [6.45, 7) is 2.47. The summed E-state index contributed by atoms with van der Waals surface area (Å²) >= 11 is 3.23. The Morgan fingerprint density at radius 2 is 2.33 bits per heavy atom. The van der Waals surface area contributed by atoms with E-state index >= 15 is 0 Å². The van der Waals surface area contributed by atoms with Crippen molar-refractivity contribution in [3.8, 4) is 0 Å². The van der Waals surface area contributed by atoms with Crippen molar-refractivity contribution in [2.45, 2.75) is 23.5 Å². The zero-order valence-corrected chi connectivity index (χ0v) is 11.8. The van der Waals surface area contributed by atoms with Gasteiger partial charge in [0.05, 0.1) is 11.4 Å². The number of nitrogens with two attached hydrogens (primary N) is 1. The summed E-state index contributed by atoms with van der Waals surface area (Å²) in [5.41, 5.74) is 7.89. The summed E-state index contributed by atoms with van der Waals surface area (Å²) in [6, 6.07) is 2.05. The summed E-state index contributed by atoms with van der Waals surface area (Å²) in [7, 11) is 1.94. The smallest absolute Gasteiger partial charge is 0.194 e. The molecule has 0 unspecified atom stereocenters. The first-order valence-corrected chi connectivity index (χ1v) is 7.21. The average molecular weight is 279 g/mol. The van der Waals surface area contributed by atoms with Crippen molar-refractivity contribution < 1.29 is 0 Å². The quantitative estimate of drug-likeness (QED) is 0.797. The van der Waals surface area contributed by atoms with Crippen molar-refractivity contribution in [1.29, 1.82) is 0 Å². The maximum Gasteiger partial charge on any atom is 0.194 e. The highest BCUT2D eigenvalue weighted by atomic mass is 32.2. The lowest BCUT2D eigenvalue weighted by molar-refractivity contribution is 0.692. The van der Waals surface area contributed by atoms with E-state index in [1.165, 1.54) is 0 Å². The van der Waals surface area contributed by atoms with E-state index in [0.717, 1.165) is 26.4 Å². The maximum absolute atomic E-state index is 5.83. The number of fused-ring (bicyclic) bond motifs is 1. The van der Waals surface area contributed by atoms with Gasteiger partial charge in [0.2, 0.25) is 0 Å². The number of hydrogen-bond acceptors (Lipinski definition) is 5. The van der Waals surface area contributed by atoms with Crippen LogP contribution >= 0.6 is 23.1 Å². The molecule has 0 aliphatic rings. The van der Waals surface area contributed by atoms with Gasteiger partial charge in [0.15, 0.2) is 4.96 Å². The Labute approximate surface area is 113 Å². The molecule has 7 heteroatoms.